The van der Waals surface area contributed by atoms with Gasteiger partial charge in [-0.25, -0.2) is 4.98 Å². The number of anilines is 1. The van der Waals surface area contributed by atoms with Gasteiger partial charge in [0.05, 0.1) is 16.9 Å². The summed E-state index contributed by atoms with van der Waals surface area (Å²) in [7, 11) is 1.56. The van der Waals surface area contributed by atoms with E-state index in [0.29, 0.717) is 23.4 Å². The predicted octanol–water partition coefficient (Wildman–Crippen LogP) is 3.29. The number of aryl methyl sites for hydroxylation is 1. The van der Waals surface area contributed by atoms with E-state index >= 15 is 0 Å². The van der Waals surface area contributed by atoms with E-state index in [-0.39, 0.29) is 12.8 Å². The molecule has 0 saturated heterocycles. The van der Waals surface area contributed by atoms with Crippen LogP contribution in [0.25, 0.3) is 22.2 Å². The molecule has 0 fully saturated rings. The Morgan fingerprint density at radius 2 is 2.04 bits per heavy atom. The summed E-state index contributed by atoms with van der Waals surface area (Å²) in [5.74, 6) is 0.513. The summed E-state index contributed by atoms with van der Waals surface area (Å²) >= 11 is 0. The van der Waals surface area contributed by atoms with E-state index in [1.165, 1.54) is 0 Å². The number of hydrogen-bond donors (Lipinski definition) is 3. The minimum atomic E-state index is -0.118. The normalized spacial score (nSPS) is 10.4. The Morgan fingerprint density at radius 3 is 2.78 bits per heavy atom. The van der Waals surface area contributed by atoms with Gasteiger partial charge in [-0.1, -0.05) is 24.3 Å². The zero-order valence-electron chi connectivity index (χ0n) is 15.1. The van der Waals surface area contributed by atoms with Crippen LogP contribution in [0.4, 0.5) is 5.69 Å². The molecule has 0 saturated carbocycles. The number of methoxy groups -OCH3 is 1. The van der Waals surface area contributed by atoms with E-state index in [1.54, 1.807) is 13.2 Å². The molecule has 0 radical (unpaired) electrons. The maximum absolute atomic E-state index is 10.6. The van der Waals surface area contributed by atoms with Crippen molar-refractivity contribution in [3.63, 3.8) is 0 Å². The maximum Gasteiger partial charge on any atom is 0.213 e. The summed E-state index contributed by atoms with van der Waals surface area (Å²) in [5.41, 5.74) is 4.19. The number of fused-ring (bicyclic) bond motifs is 1. The summed E-state index contributed by atoms with van der Waals surface area (Å²) in [6.07, 6.45) is 0.456. The van der Waals surface area contributed by atoms with Gasteiger partial charge in [0.1, 0.15) is 5.75 Å². The van der Waals surface area contributed by atoms with E-state index in [4.69, 9.17) is 19.9 Å². The third kappa shape index (κ3) is 4.21. The smallest absolute Gasteiger partial charge is 0.213 e. The van der Waals surface area contributed by atoms with Crippen molar-refractivity contribution >= 4 is 29.0 Å². The van der Waals surface area contributed by atoms with Crippen molar-refractivity contribution < 1.29 is 14.3 Å². The molecule has 0 aliphatic rings. The Hall–Kier alpha value is -3.45. The van der Waals surface area contributed by atoms with Gasteiger partial charge in [-0.3, -0.25) is 15.5 Å². The average molecular weight is 364 g/mol. The van der Waals surface area contributed by atoms with Gasteiger partial charge in [0.25, 0.3) is 0 Å². The summed E-state index contributed by atoms with van der Waals surface area (Å²) < 4.78 is 10.5. The van der Waals surface area contributed by atoms with E-state index in [2.05, 4.69) is 10.6 Å². The van der Waals surface area contributed by atoms with Gasteiger partial charge in [-0.05, 0) is 30.7 Å². The predicted molar refractivity (Wildman–Crippen MR) is 105 cm³/mol. The van der Waals surface area contributed by atoms with Crippen LogP contribution in [0.5, 0.6) is 5.75 Å². The van der Waals surface area contributed by atoms with Crippen molar-refractivity contribution in [2.24, 2.45) is 0 Å². The maximum atomic E-state index is 10.6. The molecule has 138 valence electrons. The van der Waals surface area contributed by atoms with Gasteiger partial charge in [-0.15, -0.1) is 0 Å². The molecule has 1 aromatic heterocycles. The molecule has 0 unspecified atom stereocenters. The Kier molecular flexibility index (Phi) is 5.63. The highest BCUT2D eigenvalue weighted by molar-refractivity contribution is 6.05. The highest BCUT2D eigenvalue weighted by Crippen LogP contribution is 2.31. The number of ether oxygens (including phenoxy) is 2. The van der Waals surface area contributed by atoms with Gasteiger partial charge in [0, 0.05) is 24.1 Å². The molecule has 2 aromatic carbocycles. The van der Waals surface area contributed by atoms with Gasteiger partial charge >= 0.3 is 0 Å². The van der Waals surface area contributed by atoms with Crippen molar-refractivity contribution in [1.29, 1.82) is 5.41 Å². The van der Waals surface area contributed by atoms with Crippen LogP contribution in [0.15, 0.2) is 48.5 Å². The number of amides is 1. The number of pyridine rings is 1. The third-order valence-electron chi connectivity index (χ3n) is 4.01. The fraction of sp³-hybridized carbons (Fsp3) is 0.150. The van der Waals surface area contributed by atoms with Crippen LogP contribution < -0.4 is 15.4 Å². The van der Waals surface area contributed by atoms with Crippen LogP contribution >= 0.6 is 0 Å². The standard InChI is InChI=1S/C20H20N4O3/c1-13-5-3-4-6-15(13)18-10-19(24-20(21)22-11-25)16-8-7-14(27-12-26-2)9-17(16)23-18/h3-11H,12H2,1-2H3,(H3,21,22,23,24,25). The van der Waals surface area contributed by atoms with Crippen LogP contribution in [0.3, 0.4) is 0 Å². The van der Waals surface area contributed by atoms with Crippen molar-refractivity contribution in [3.8, 4) is 17.0 Å². The summed E-state index contributed by atoms with van der Waals surface area (Å²) in [4.78, 5) is 15.4. The summed E-state index contributed by atoms with van der Waals surface area (Å²) in [6.45, 7) is 2.16. The molecular formula is C20H20N4O3. The number of hydrogen-bond acceptors (Lipinski definition) is 5. The molecule has 1 amide bonds. The number of rotatable bonds is 6. The minimum absolute atomic E-state index is 0.118. The fourth-order valence-corrected chi connectivity index (χ4v) is 2.76. The first kappa shape index (κ1) is 18.3. The van der Waals surface area contributed by atoms with Gasteiger partial charge in [0.15, 0.2) is 12.8 Å². The van der Waals surface area contributed by atoms with Crippen molar-refractivity contribution in [2.75, 3.05) is 19.2 Å². The van der Waals surface area contributed by atoms with Gasteiger partial charge in [0.2, 0.25) is 6.41 Å². The lowest BCUT2D eigenvalue weighted by Crippen LogP contribution is -2.28. The minimum Gasteiger partial charge on any atom is -0.467 e. The topological polar surface area (TPSA) is 96.3 Å². The molecule has 3 rings (SSSR count). The van der Waals surface area contributed by atoms with Crippen LogP contribution in [0.2, 0.25) is 0 Å². The molecule has 3 aromatic rings. The third-order valence-corrected chi connectivity index (χ3v) is 4.01. The van der Waals surface area contributed by atoms with Gasteiger partial charge in [-0.2, -0.15) is 0 Å². The van der Waals surface area contributed by atoms with Crippen molar-refractivity contribution in [3.05, 3.63) is 54.1 Å². The number of aromatic nitrogens is 1. The molecule has 27 heavy (non-hydrogen) atoms. The van der Waals surface area contributed by atoms with E-state index in [0.717, 1.165) is 22.2 Å². The van der Waals surface area contributed by atoms with Gasteiger partial charge < -0.3 is 14.8 Å². The zero-order chi connectivity index (χ0) is 19.2. The lowest BCUT2D eigenvalue weighted by Gasteiger charge is -2.14. The first-order valence-corrected chi connectivity index (χ1v) is 8.30. The summed E-state index contributed by atoms with van der Waals surface area (Å²) in [6, 6.07) is 15.3. The first-order chi connectivity index (χ1) is 13.1. The largest absolute Gasteiger partial charge is 0.467 e. The average Bonchev–Trinajstić information content (AvgIpc) is 2.66. The number of benzene rings is 2. The van der Waals surface area contributed by atoms with Crippen LogP contribution in [0, 0.1) is 12.3 Å². The van der Waals surface area contributed by atoms with Crippen LogP contribution in [0.1, 0.15) is 5.56 Å². The summed E-state index contributed by atoms with van der Waals surface area (Å²) in [5, 5.41) is 13.8. The number of carbonyl (C=O) groups is 1. The first-order valence-electron chi connectivity index (χ1n) is 8.30. The lowest BCUT2D eigenvalue weighted by atomic mass is 10.0. The Balaban J connectivity index is 2.13. The molecule has 0 spiro atoms. The molecule has 0 aliphatic heterocycles. The molecule has 0 atom stereocenters. The van der Waals surface area contributed by atoms with Crippen LogP contribution in [-0.2, 0) is 9.53 Å². The van der Waals surface area contributed by atoms with Crippen molar-refractivity contribution in [2.45, 2.75) is 6.92 Å². The second kappa shape index (κ2) is 8.29. The molecule has 1 heterocycles. The molecule has 7 heteroatoms. The van der Waals surface area contributed by atoms with E-state index in [1.807, 2.05) is 49.4 Å². The highest BCUT2D eigenvalue weighted by atomic mass is 16.7. The molecule has 7 nitrogen and oxygen atoms in total. The fourth-order valence-electron chi connectivity index (χ4n) is 2.76. The molecule has 0 aliphatic carbocycles. The number of guanidine groups is 1. The highest BCUT2D eigenvalue weighted by Gasteiger charge is 2.11. The number of carbonyl (C=O) groups excluding carboxylic acids is 1. The Bertz CT molecular complexity index is 988. The second-order valence-corrected chi connectivity index (χ2v) is 5.86. The van der Waals surface area contributed by atoms with Crippen molar-refractivity contribution in [1.82, 2.24) is 10.3 Å². The Labute approximate surface area is 156 Å². The van der Waals surface area contributed by atoms with Crippen LogP contribution in [-0.4, -0.2) is 31.3 Å². The number of nitrogens with one attached hydrogen (secondary N) is 3. The lowest BCUT2D eigenvalue weighted by molar-refractivity contribution is -0.108. The van der Waals surface area contributed by atoms with E-state index < -0.39 is 0 Å². The number of nitrogens with zero attached hydrogens (tertiary/aromatic N) is 1. The molecule has 0 bridgehead atoms. The van der Waals surface area contributed by atoms with E-state index in [9.17, 15) is 4.79 Å². The molecule has 3 N–H and O–H groups in total. The Morgan fingerprint density at radius 1 is 1.22 bits per heavy atom. The quantitative estimate of drug-likeness (QED) is 0.270. The zero-order valence-corrected chi connectivity index (χ0v) is 15.1. The monoisotopic (exact) mass is 364 g/mol. The molecular weight excluding hydrogens is 344 g/mol. The SMILES string of the molecule is COCOc1ccc2c(NC(=N)NC=O)cc(-c3ccccc3C)nc2c1. The second-order valence-electron chi connectivity index (χ2n) is 5.86.